The van der Waals surface area contributed by atoms with Gasteiger partial charge in [-0.25, -0.2) is 0 Å². The van der Waals surface area contributed by atoms with Crippen molar-refractivity contribution >= 4 is 99.3 Å². The van der Waals surface area contributed by atoms with Gasteiger partial charge < -0.3 is 158 Å². The number of phenolic OH excluding ortho intramolecular Hbond substituents is 3. The van der Waals surface area contributed by atoms with Crippen LogP contribution in [0.2, 0.25) is 20.1 Å². The third kappa shape index (κ3) is 21.2. The third-order valence-corrected chi connectivity index (χ3v) is 23.4. The zero-order chi connectivity index (χ0) is 92.5. The number of hydrogen-bond donors (Lipinski definition) is 23. The van der Waals surface area contributed by atoms with E-state index in [0.717, 1.165) is 54.6 Å². The van der Waals surface area contributed by atoms with E-state index in [1.165, 1.54) is 63.4 Å². The summed E-state index contributed by atoms with van der Waals surface area (Å²) in [7, 11) is 1.46. The largest absolute Gasteiger partial charge is 0.508 e. The van der Waals surface area contributed by atoms with Crippen LogP contribution in [0.3, 0.4) is 0 Å². The summed E-state index contributed by atoms with van der Waals surface area (Å²) >= 11 is 26.8. The van der Waals surface area contributed by atoms with Crippen LogP contribution in [0, 0.1) is 5.92 Å². The number of primary amides is 1. The number of fused-ring (bicyclic) bond motifs is 15. The van der Waals surface area contributed by atoms with Crippen molar-refractivity contribution in [2.45, 2.75) is 194 Å². The van der Waals surface area contributed by atoms with Gasteiger partial charge in [0.2, 0.25) is 53.4 Å². The van der Waals surface area contributed by atoms with Crippen LogP contribution < -0.4 is 73.5 Å². The molecule has 0 aliphatic carbocycles. The van der Waals surface area contributed by atoms with Gasteiger partial charge in [-0.1, -0.05) is 90.6 Å². The fraction of sp³-hybridized carbons (Fsp3) is 0.412. The molecule has 8 aliphatic rings. The van der Waals surface area contributed by atoms with E-state index >= 15 is 24.0 Å². The minimum atomic E-state index is -2.41. The smallest absolute Gasteiger partial charge is 0.255 e. The quantitative estimate of drug-likeness (QED) is 0.0520. The number of carbonyl (C=O) groups is 8. The van der Waals surface area contributed by atoms with Gasteiger partial charge in [0, 0.05) is 69.1 Å². The first-order valence-electron chi connectivity index (χ1n) is 40.3. The number of ether oxygens (including phenoxy) is 8. The lowest BCUT2D eigenvalue weighted by molar-refractivity contribution is -0.350. The summed E-state index contributed by atoms with van der Waals surface area (Å²) in [5.41, 5.74) is 9.61. The first kappa shape index (κ1) is 95.2. The number of carbonyl (C=O) groups excluding carboxylic acids is 8. The van der Waals surface area contributed by atoms with Crippen molar-refractivity contribution in [1.82, 2.24) is 42.5 Å². The van der Waals surface area contributed by atoms with E-state index < -0.39 is 279 Å². The van der Waals surface area contributed by atoms with Crippen LogP contribution in [-0.2, 0) is 63.8 Å². The highest BCUT2D eigenvalue weighted by Crippen LogP contribution is 2.50. The molecular formula is C85H95Cl4N11O28. The number of amides is 8. The normalized spacial score (nSPS) is 29.3. The Hall–Kier alpha value is -10.4. The molecule has 7 aromatic carbocycles. The van der Waals surface area contributed by atoms with Gasteiger partial charge in [-0.2, -0.15) is 0 Å². The highest BCUT2D eigenvalue weighted by Gasteiger charge is 2.53. The number of likely N-dealkylation sites (N-methyl/N-ethyl adjacent to an activating group) is 1. The number of nitrogens with two attached hydrogens (primary N) is 2. The number of nitrogens with one attached hydrogen (secondary N) is 9. The maximum Gasteiger partial charge on any atom is 0.255 e. The van der Waals surface area contributed by atoms with E-state index in [1.54, 1.807) is 24.3 Å². The SMILES string of the molecule is CN[C@H](CC(C)C)C(=O)NC1C(=O)N[C@@H](CC(N)=O)C(=O)N[C@H]2C(=O)N[C@@H]3C(=O)N[C@H](C(=O)N[C@@H](O)c4cc(O)cc(O)c4-c4cc3ccc4O)[C@H](O[C@H]3C[C@](C)(N)[C@@H](O)[C@H](C)O3)c3ccc(c(Cl)c3)Oc3cc2cc(c3O[C@@H]2O[C@H](CO)[C@@H](O[C@@H]3O[C@H](CNCc4cccc(NC(=O)c5cc(Cl)cc(Cl)c5)c4)[C@H](O)[C@H](O)[C@H]3O)[C@H](O)[C@H]2O)Oc2ccc(cc2Cl)[C@H]1O. The average Bonchev–Trinajstić information content (AvgIpc) is 0.771. The van der Waals surface area contributed by atoms with Gasteiger partial charge in [0.25, 0.3) is 5.91 Å². The van der Waals surface area contributed by atoms with E-state index in [4.69, 9.17) is 95.8 Å². The van der Waals surface area contributed by atoms with Crippen LogP contribution in [-0.4, -0.2) is 238 Å². The molecule has 1 unspecified atom stereocenters. The lowest BCUT2D eigenvalue weighted by atomic mass is 9.86. The van der Waals surface area contributed by atoms with Crippen molar-refractivity contribution in [1.29, 1.82) is 0 Å². The third-order valence-electron chi connectivity index (χ3n) is 22.4. The Balaban J connectivity index is 0.935. The Kier molecular flexibility index (Phi) is 29.7. The first-order chi connectivity index (χ1) is 60.6. The molecule has 128 heavy (non-hydrogen) atoms. The molecule has 686 valence electrons. The number of aliphatic hydroxyl groups excluding tert-OH is 9. The molecule has 43 heteroatoms. The van der Waals surface area contributed by atoms with Crippen LogP contribution in [0.15, 0.2) is 121 Å². The summed E-state index contributed by atoms with van der Waals surface area (Å²) < 4.78 is 51.3. The fourth-order valence-corrected chi connectivity index (χ4v) is 16.8. The number of hydrogen-bond acceptors (Lipinski definition) is 31. The van der Waals surface area contributed by atoms with Crippen molar-refractivity contribution < 1.29 is 138 Å². The van der Waals surface area contributed by atoms with E-state index in [2.05, 4.69) is 47.9 Å². The molecule has 25 N–H and O–H groups in total. The predicted octanol–water partition coefficient (Wildman–Crippen LogP) is 2.15. The van der Waals surface area contributed by atoms with E-state index in [-0.39, 0.29) is 64.1 Å². The minimum Gasteiger partial charge on any atom is -0.508 e. The Labute approximate surface area is 749 Å². The molecule has 11 bridgehead atoms. The van der Waals surface area contributed by atoms with E-state index in [9.17, 15) is 75.7 Å². The average molecular weight is 1860 g/mol. The highest BCUT2D eigenvalue weighted by atomic mass is 35.5. The van der Waals surface area contributed by atoms with Gasteiger partial charge in [0.05, 0.1) is 41.3 Å². The predicted molar refractivity (Wildman–Crippen MR) is 452 cm³/mol. The lowest BCUT2D eigenvalue weighted by Crippen LogP contribution is -2.65. The van der Waals surface area contributed by atoms with Crippen molar-refractivity contribution in [3.05, 3.63) is 180 Å². The zero-order valence-corrected chi connectivity index (χ0v) is 71.7. The molecule has 0 saturated carbocycles. The standard InChI is InChI=1S/C85H95Cl4N11O28/c1-32(2)15-48(92-5)77(115)98-63-65(106)36-10-13-52(46(88)20-36)122-54-22-38-23-55(72(54)127-84-70(111)68(109)73(57(31-101)125-84)128-83-69(110)67(108)66(107)56(124-83)30-93-29-34-7-6-8-42(16-34)94-75(113)39-17-40(86)24-41(87)18-39)123-53-14-11-37(21-47(53)89)71(126-59-28-85(4,91)74(112)33(3)121-59)64-82(120)100-76(114)45-25-43(102)26-51(104)60(45)44-19-35(9-12-50(44)103)61(79(117)99-64)97-80(118)62(38)96-78(116)49(27-58(90)105)95-81(63)119/h6-14,16-26,32-33,48-49,56-57,59,61-71,73-74,76,83-84,92-93,101-104,106-112,114H,15,27-31,91H2,1-5H3,(H2,90,105)(H,94,113)(H,95,119)(H,96,116)(H,97,118)(H,98,115)(H,99,117)(H,100,120)/t33-,48+,49-,56+,57+,59-,61-,62+,63?,64-,65+,66-,67-,68+,69+,70+,71+,73+,74-,76-,83-,84-,85-/m0/s1. The summed E-state index contributed by atoms with van der Waals surface area (Å²) in [6.07, 6.45) is -31.5. The van der Waals surface area contributed by atoms with Crippen LogP contribution in [0.25, 0.3) is 11.1 Å². The van der Waals surface area contributed by atoms with Crippen molar-refractivity contribution in [2.24, 2.45) is 17.4 Å². The highest BCUT2D eigenvalue weighted by molar-refractivity contribution is 6.35. The fourth-order valence-electron chi connectivity index (χ4n) is 15.8. The van der Waals surface area contributed by atoms with Gasteiger partial charge in [-0.05, 0) is 146 Å². The molecule has 39 nitrogen and oxygen atoms in total. The van der Waals surface area contributed by atoms with Crippen LogP contribution in [0.1, 0.15) is 121 Å². The second-order valence-corrected chi connectivity index (χ2v) is 34.1. The van der Waals surface area contributed by atoms with E-state index in [1.807, 2.05) is 13.8 Å². The number of rotatable bonds is 20. The maximum absolute atomic E-state index is 16.4. The topological polar surface area (TPSA) is 613 Å². The molecule has 3 fully saturated rings. The molecule has 8 aliphatic heterocycles. The number of aromatic hydroxyl groups is 3. The molecule has 0 spiro atoms. The molecule has 0 radical (unpaired) electrons. The molecule has 15 rings (SSSR count). The number of benzene rings is 7. The Morgan fingerprint density at radius 3 is 1.91 bits per heavy atom. The zero-order valence-electron chi connectivity index (χ0n) is 68.6. The molecular weight excluding hydrogens is 1760 g/mol. The van der Waals surface area contributed by atoms with Gasteiger partial charge in [-0.15, -0.1) is 0 Å². The number of halogens is 4. The Bertz CT molecular complexity index is 5350. The molecule has 8 amide bonds. The van der Waals surface area contributed by atoms with Crippen molar-refractivity contribution in [3.8, 4) is 57.1 Å². The van der Waals surface area contributed by atoms with Gasteiger partial charge in [-0.3, -0.25) is 38.4 Å². The second-order valence-electron chi connectivity index (χ2n) is 32.4. The molecule has 0 aromatic heterocycles. The number of phenols is 3. The number of aliphatic hydroxyl groups is 9. The molecule has 23 atom stereocenters. The molecule has 3 saturated heterocycles. The second kappa shape index (κ2) is 39.9. The van der Waals surface area contributed by atoms with Crippen LogP contribution in [0.5, 0.6) is 46.0 Å². The van der Waals surface area contributed by atoms with Gasteiger partial charge in [0.1, 0.15) is 120 Å². The summed E-state index contributed by atoms with van der Waals surface area (Å²) in [4.78, 5) is 119. The van der Waals surface area contributed by atoms with Crippen LogP contribution >= 0.6 is 46.4 Å². The Morgan fingerprint density at radius 1 is 0.633 bits per heavy atom. The molecule has 7 aromatic rings. The Morgan fingerprint density at radius 2 is 1.27 bits per heavy atom. The minimum absolute atomic E-state index is 0.0566. The summed E-state index contributed by atoms with van der Waals surface area (Å²) in [5, 5.41) is 164. The molecule has 8 heterocycles. The lowest BCUT2D eigenvalue weighted by Gasteiger charge is -2.46. The van der Waals surface area contributed by atoms with Crippen LogP contribution in [0.4, 0.5) is 5.69 Å². The summed E-state index contributed by atoms with van der Waals surface area (Å²) in [6, 6.07) is 12.8. The van der Waals surface area contributed by atoms with Gasteiger partial charge in [0.15, 0.2) is 30.3 Å². The van der Waals surface area contributed by atoms with Crippen molar-refractivity contribution in [2.75, 3.05) is 25.5 Å². The number of anilines is 1. The summed E-state index contributed by atoms with van der Waals surface area (Å²) in [6.45, 7) is 5.24. The van der Waals surface area contributed by atoms with Gasteiger partial charge >= 0.3 is 0 Å². The monoisotopic (exact) mass is 1860 g/mol. The van der Waals surface area contributed by atoms with E-state index in [0.29, 0.717) is 11.3 Å². The van der Waals surface area contributed by atoms with Crippen molar-refractivity contribution in [3.63, 3.8) is 0 Å². The maximum atomic E-state index is 16.4. The summed E-state index contributed by atoms with van der Waals surface area (Å²) in [5.74, 6) is -14.8. The first-order valence-corrected chi connectivity index (χ1v) is 41.8.